The van der Waals surface area contributed by atoms with Gasteiger partial charge in [-0.3, -0.25) is 4.79 Å². The van der Waals surface area contributed by atoms with Crippen LogP contribution in [-0.2, 0) is 9.47 Å². The van der Waals surface area contributed by atoms with E-state index in [4.69, 9.17) is 13.9 Å². The van der Waals surface area contributed by atoms with Crippen LogP contribution in [0.4, 0.5) is 4.79 Å². The number of amides is 1. The van der Waals surface area contributed by atoms with Gasteiger partial charge in [0, 0.05) is 24.5 Å². The summed E-state index contributed by atoms with van der Waals surface area (Å²) >= 11 is 0. The summed E-state index contributed by atoms with van der Waals surface area (Å²) in [6.45, 7) is 4.37. The Hall–Kier alpha value is -2.80. The SMILES string of the molecule is CCCOC(=O)n1c2ccccc2c2oc(C(=O)N3CCOCC3)cc21. The van der Waals surface area contributed by atoms with Crippen LogP contribution in [0.5, 0.6) is 0 Å². The molecule has 0 atom stereocenters. The van der Waals surface area contributed by atoms with E-state index >= 15 is 0 Å². The molecule has 0 unspecified atom stereocenters. The molecule has 1 fully saturated rings. The van der Waals surface area contributed by atoms with Crippen molar-refractivity contribution in [1.29, 1.82) is 0 Å². The van der Waals surface area contributed by atoms with Gasteiger partial charge in [-0.2, -0.15) is 0 Å². The molecule has 0 spiro atoms. The quantitative estimate of drug-likeness (QED) is 0.720. The molecule has 0 N–H and O–H groups in total. The average molecular weight is 356 g/mol. The van der Waals surface area contributed by atoms with Crippen LogP contribution in [0, 0.1) is 0 Å². The lowest BCUT2D eigenvalue weighted by molar-refractivity contribution is 0.0284. The van der Waals surface area contributed by atoms with Gasteiger partial charge < -0.3 is 18.8 Å². The van der Waals surface area contributed by atoms with Crippen LogP contribution in [-0.4, -0.2) is 54.4 Å². The minimum Gasteiger partial charge on any atom is -0.449 e. The second-order valence-electron chi connectivity index (χ2n) is 6.20. The molecule has 0 aliphatic carbocycles. The molecule has 3 aromatic rings. The van der Waals surface area contributed by atoms with E-state index in [9.17, 15) is 9.59 Å². The number of nitrogens with zero attached hydrogens (tertiary/aromatic N) is 2. The highest BCUT2D eigenvalue weighted by Gasteiger charge is 2.26. The van der Waals surface area contributed by atoms with Gasteiger partial charge >= 0.3 is 6.09 Å². The molecule has 1 aromatic carbocycles. The average Bonchev–Trinajstić information content (AvgIpc) is 3.23. The number of hydrogen-bond donors (Lipinski definition) is 0. The molecule has 0 radical (unpaired) electrons. The fraction of sp³-hybridized carbons (Fsp3) is 0.368. The van der Waals surface area contributed by atoms with Crippen molar-refractivity contribution in [3.05, 3.63) is 36.1 Å². The number of ether oxygens (including phenoxy) is 2. The van der Waals surface area contributed by atoms with Gasteiger partial charge in [0.2, 0.25) is 0 Å². The lowest BCUT2D eigenvalue weighted by atomic mass is 10.2. The molecule has 3 heterocycles. The number of hydrogen-bond acceptors (Lipinski definition) is 5. The Kier molecular flexibility index (Phi) is 4.38. The molecule has 0 saturated carbocycles. The van der Waals surface area contributed by atoms with E-state index in [1.807, 2.05) is 31.2 Å². The van der Waals surface area contributed by atoms with E-state index in [1.165, 1.54) is 4.57 Å². The smallest absolute Gasteiger partial charge is 0.419 e. The summed E-state index contributed by atoms with van der Waals surface area (Å²) in [6, 6.07) is 9.05. The Morgan fingerprint density at radius 3 is 2.69 bits per heavy atom. The Bertz CT molecular complexity index is 965. The second-order valence-corrected chi connectivity index (χ2v) is 6.20. The largest absolute Gasteiger partial charge is 0.449 e. The summed E-state index contributed by atoms with van der Waals surface area (Å²) in [6.07, 6.45) is 0.268. The maximum Gasteiger partial charge on any atom is 0.419 e. The standard InChI is InChI=1S/C19H20N2O5/c1-2-9-25-19(23)21-14-6-4-3-5-13(14)17-15(21)12-16(26-17)18(22)20-7-10-24-11-8-20/h3-6,12H,2,7-11H2,1H3. The summed E-state index contributed by atoms with van der Waals surface area (Å²) in [4.78, 5) is 27.0. The third-order valence-corrected chi connectivity index (χ3v) is 4.46. The van der Waals surface area contributed by atoms with Crippen molar-refractivity contribution in [2.75, 3.05) is 32.9 Å². The van der Waals surface area contributed by atoms with Gasteiger partial charge in [-0.15, -0.1) is 0 Å². The molecular formula is C19H20N2O5. The number of benzene rings is 1. The summed E-state index contributed by atoms with van der Waals surface area (Å²) < 4.78 is 17.9. The number of carbonyl (C=O) groups excluding carboxylic acids is 2. The van der Waals surface area contributed by atoms with Gasteiger partial charge in [0.25, 0.3) is 5.91 Å². The highest BCUT2D eigenvalue weighted by Crippen LogP contribution is 2.32. The van der Waals surface area contributed by atoms with E-state index in [0.717, 1.165) is 11.8 Å². The number of fused-ring (bicyclic) bond motifs is 3. The minimum atomic E-state index is -0.468. The predicted octanol–water partition coefficient (Wildman–Crippen LogP) is 3.25. The molecule has 1 aliphatic rings. The lowest BCUT2D eigenvalue weighted by Gasteiger charge is -2.25. The first-order valence-corrected chi connectivity index (χ1v) is 8.78. The van der Waals surface area contributed by atoms with Crippen LogP contribution in [0.3, 0.4) is 0 Å². The van der Waals surface area contributed by atoms with E-state index in [-0.39, 0.29) is 11.7 Å². The molecule has 26 heavy (non-hydrogen) atoms. The normalized spacial score (nSPS) is 14.9. The zero-order chi connectivity index (χ0) is 18.1. The third-order valence-electron chi connectivity index (χ3n) is 4.46. The highest BCUT2D eigenvalue weighted by atomic mass is 16.5. The first kappa shape index (κ1) is 16.7. The molecule has 1 saturated heterocycles. The summed E-state index contributed by atoms with van der Waals surface area (Å²) in [5.74, 6) is 0.0294. The second kappa shape index (κ2) is 6.84. The Morgan fingerprint density at radius 2 is 1.92 bits per heavy atom. The summed E-state index contributed by atoms with van der Waals surface area (Å²) in [7, 11) is 0. The first-order chi connectivity index (χ1) is 12.7. The molecule has 0 bridgehead atoms. The monoisotopic (exact) mass is 356 g/mol. The van der Waals surface area contributed by atoms with Crippen molar-refractivity contribution in [2.45, 2.75) is 13.3 Å². The fourth-order valence-electron chi connectivity index (χ4n) is 3.21. The number of furan rings is 1. The number of aromatic nitrogens is 1. The molecule has 136 valence electrons. The summed E-state index contributed by atoms with van der Waals surface area (Å²) in [5, 5.41) is 0.775. The predicted molar refractivity (Wildman–Crippen MR) is 95.5 cm³/mol. The Labute approximate surface area is 150 Å². The Balaban J connectivity index is 1.79. The topological polar surface area (TPSA) is 73.9 Å². The first-order valence-electron chi connectivity index (χ1n) is 8.78. The van der Waals surface area contributed by atoms with Gasteiger partial charge in [-0.05, 0) is 18.6 Å². The van der Waals surface area contributed by atoms with Crippen molar-refractivity contribution in [3.63, 3.8) is 0 Å². The fourth-order valence-corrected chi connectivity index (χ4v) is 3.21. The number of morpholine rings is 1. The van der Waals surface area contributed by atoms with Crippen LogP contribution in [0.2, 0.25) is 0 Å². The van der Waals surface area contributed by atoms with Crippen molar-refractivity contribution in [3.8, 4) is 0 Å². The van der Waals surface area contributed by atoms with Crippen LogP contribution in [0.15, 0.2) is 34.7 Å². The zero-order valence-electron chi connectivity index (χ0n) is 14.6. The highest BCUT2D eigenvalue weighted by molar-refractivity contribution is 6.11. The third kappa shape index (κ3) is 2.74. The van der Waals surface area contributed by atoms with Gasteiger partial charge in [-0.25, -0.2) is 9.36 Å². The maximum absolute atomic E-state index is 12.7. The van der Waals surface area contributed by atoms with Crippen LogP contribution >= 0.6 is 0 Å². The van der Waals surface area contributed by atoms with E-state index < -0.39 is 6.09 Å². The maximum atomic E-state index is 12.7. The van der Waals surface area contributed by atoms with Crippen LogP contribution < -0.4 is 0 Å². The lowest BCUT2D eigenvalue weighted by Crippen LogP contribution is -2.40. The molecule has 1 amide bonds. The molecule has 7 heteroatoms. The molecule has 4 rings (SSSR count). The molecule has 7 nitrogen and oxygen atoms in total. The zero-order valence-corrected chi connectivity index (χ0v) is 14.6. The van der Waals surface area contributed by atoms with E-state index in [2.05, 4.69) is 0 Å². The minimum absolute atomic E-state index is 0.193. The van der Waals surface area contributed by atoms with Crippen LogP contribution in [0.25, 0.3) is 22.0 Å². The van der Waals surface area contributed by atoms with E-state index in [0.29, 0.717) is 49.5 Å². The van der Waals surface area contributed by atoms with Gasteiger partial charge in [0.05, 0.1) is 30.9 Å². The van der Waals surface area contributed by atoms with E-state index in [1.54, 1.807) is 11.0 Å². The molecule has 1 aliphatic heterocycles. The molecule has 2 aromatic heterocycles. The van der Waals surface area contributed by atoms with Crippen LogP contribution in [0.1, 0.15) is 23.9 Å². The number of para-hydroxylation sites is 1. The number of rotatable bonds is 3. The van der Waals surface area contributed by atoms with Gasteiger partial charge in [-0.1, -0.05) is 19.1 Å². The summed E-state index contributed by atoms with van der Waals surface area (Å²) in [5.41, 5.74) is 1.77. The van der Waals surface area contributed by atoms with Crippen molar-refractivity contribution in [2.24, 2.45) is 0 Å². The Morgan fingerprint density at radius 1 is 1.15 bits per heavy atom. The van der Waals surface area contributed by atoms with Crippen molar-refractivity contribution >= 4 is 34.0 Å². The van der Waals surface area contributed by atoms with Gasteiger partial charge in [0.15, 0.2) is 11.3 Å². The number of carbonyl (C=O) groups is 2. The van der Waals surface area contributed by atoms with Gasteiger partial charge in [0.1, 0.15) is 0 Å². The van der Waals surface area contributed by atoms with Crippen molar-refractivity contribution < 1.29 is 23.5 Å². The van der Waals surface area contributed by atoms with Crippen molar-refractivity contribution in [1.82, 2.24) is 9.47 Å². The molecular weight excluding hydrogens is 336 g/mol.